The fourth-order valence-electron chi connectivity index (χ4n) is 6.54. The molecule has 2 aromatic carbocycles. The lowest BCUT2D eigenvalue weighted by Gasteiger charge is -2.39. The van der Waals surface area contributed by atoms with Crippen molar-refractivity contribution in [3.8, 4) is 0 Å². The summed E-state index contributed by atoms with van der Waals surface area (Å²) in [6.07, 6.45) is 23.0. The van der Waals surface area contributed by atoms with Crippen molar-refractivity contribution in [1.29, 1.82) is 0 Å². The second-order valence-corrected chi connectivity index (χ2v) is 11.2. The van der Waals surface area contributed by atoms with E-state index in [1.165, 1.54) is 55.6 Å². The molecule has 2 unspecified atom stereocenters. The summed E-state index contributed by atoms with van der Waals surface area (Å²) in [6, 6.07) is 9.24. The van der Waals surface area contributed by atoms with Crippen molar-refractivity contribution in [1.82, 2.24) is 14.8 Å². The van der Waals surface area contributed by atoms with Crippen molar-refractivity contribution >= 4 is 23.1 Å². The van der Waals surface area contributed by atoms with Crippen LogP contribution in [0.2, 0.25) is 0 Å². The van der Waals surface area contributed by atoms with E-state index in [1.807, 2.05) is 0 Å². The Bertz CT molecular complexity index is 1540. The lowest BCUT2D eigenvalue weighted by molar-refractivity contribution is 0.297. The fraction of sp³-hybridized carbons (Fsp3) is 0.314. The van der Waals surface area contributed by atoms with Gasteiger partial charge in [-0.3, -0.25) is 4.90 Å². The molecule has 194 valence electrons. The summed E-state index contributed by atoms with van der Waals surface area (Å²) in [4.78, 5) is 8.54. The standard InChI is InChI=1S/C35H39N3/c1-23-22-27(13-15-30-26(4)36-33-11-7-6-10-31(30)33)14-16-32-28(17-20-37(23)5)24(2)25(3)29-18-21-38-19-9-8-12-34(38)35(29)32/h6-16,19,22-23,34,36H,17-18,20-21H2,1-5H3/b15-13+,16-14?,27-22-. The first-order chi connectivity index (χ1) is 18.4. The predicted octanol–water partition coefficient (Wildman–Crippen LogP) is 7.61. The summed E-state index contributed by atoms with van der Waals surface area (Å²) in [5, 5.41) is 1.28. The van der Waals surface area contributed by atoms with Gasteiger partial charge in [-0.15, -0.1) is 0 Å². The quantitative estimate of drug-likeness (QED) is 0.390. The van der Waals surface area contributed by atoms with E-state index in [0.29, 0.717) is 12.1 Å². The van der Waals surface area contributed by atoms with Gasteiger partial charge in [0.25, 0.3) is 0 Å². The van der Waals surface area contributed by atoms with Crippen LogP contribution in [0.25, 0.3) is 23.1 Å². The molecule has 2 atom stereocenters. The van der Waals surface area contributed by atoms with Crippen LogP contribution in [-0.4, -0.2) is 41.0 Å². The van der Waals surface area contributed by atoms with Gasteiger partial charge in [0.2, 0.25) is 0 Å². The van der Waals surface area contributed by atoms with Gasteiger partial charge in [-0.1, -0.05) is 60.7 Å². The second-order valence-electron chi connectivity index (χ2n) is 11.2. The summed E-state index contributed by atoms with van der Waals surface area (Å²) in [6.45, 7) is 11.3. The molecule has 4 heterocycles. The van der Waals surface area contributed by atoms with E-state index < -0.39 is 0 Å². The molecule has 1 N–H and O–H groups in total. The molecule has 3 aliphatic rings. The first-order valence-electron chi connectivity index (χ1n) is 14.0. The molecule has 0 saturated carbocycles. The van der Waals surface area contributed by atoms with E-state index >= 15 is 0 Å². The number of benzene rings is 2. The molecule has 3 heteroatoms. The van der Waals surface area contributed by atoms with Crippen molar-refractivity contribution in [3.05, 3.63) is 117 Å². The van der Waals surface area contributed by atoms with Crippen molar-refractivity contribution < 1.29 is 0 Å². The van der Waals surface area contributed by atoms with Crippen LogP contribution in [-0.2, 0) is 12.8 Å². The normalized spacial score (nSPS) is 22.9. The smallest absolute Gasteiger partial charge is 0.0732 e. The molecule has 1 aromatic heterocycles. The number of para-hydroxylation sites is 1. The van der Waals surface area contributed by atoms with E-state index in [0.717, 1.165) is 25.9 Å². The zero-order valence-corrected chi connectivity index (χ0v) is 23.4. The summed E-state index contributed by atoms with van der Waals surface area (Å²) < 4.78 is 0. The molecule has 0 saturated heterocycles. The van der Waals surface area contributed by atoms with Crippen LogP contribution in [0.5, 0.6) is 0 Å². The van der Waals surface area contributed by atoms with Gasteiger partial charge in [0.15, 0.2) is 0 Å². The Labute approximate surface area is 227 Å². The summed E-state index contributed by atoms with van der Waals surface area (Å²) in [5.74, 6) is 0. The second kappa shape index (κ2) is 9.96. The summed E-state index contributed by atoms with van der Waals surface area (Å²) in [5.41, 5.74) is 13.9. The third kappa shape index (κ3) is 4.29. The SMILES string of the molecule is Cc1[nH]c2ccccc2c1/C=C/C1=C/C(C)N(C)CCc2c(C)c(C)c3c(c2C=C1)C1C=CC=CN1CC3. The highest BCUT2D eigenvalue weighted by molar-refractivity contribution is 5.90. The molecule has 3 nitrogen and oxygen atoms in total. The van der Waals surface area contributed by atoms with Gasteiger partial charge in [-0.2, -0.15) is 0 Å². The van der Waals surface area contributed by atoms with Gasteiger partial charge in [0.1, 0.15) is 0 Å². The number of aromatic nitrogens is 1. The van der Waals surface area contributed by atoms with E-state index in [2.05, 4.69) is 129 Å². The molecule has 3 aromatic rings. The Morgan fingerprint density at radius 1 is 0.921 bits per heavy atom. The molecule has 6 rings (SSSR count). The summed E-state index contributed by atoms with van der Waals surface area (Å²) >= 11 is 0. The molecular weight excluding hydrogens is 462 g/mol. The zero-order valence-electron chi connectivity index (χ0n) is 23.4. The van der Waals surface area contributed by atoms with Crippen LogP contribution >= 0.6 is 0 Å². The van der Waals surface area contributed by atoms with Gasteiger partial charge < -0.3 is 9.88 Å². The molecule has 0 spiro atoms. The Balaban J connectivity index is 1.48. The minimum Gasteiger partial charge on any atom is -0.367 e. The minimum absolute atomic E-state index is 0.317. The van der Waals surface area contributed by atoms with Crippen molar-refractivity contribution in [3.63, 3.8) is 0 Å². The number of nitrogens with one attached hydrogen (secondary N) is 1. The first-order valence-corrected chi connectivity index (χ1v) is 14.0. The van der Waals surface area contributed by atoms with E-state index in [1.54, 1.807) is 5.56 Å². The van der Waals surface area contributed by atoms with Crippen molar-refractivity contribution in [2.75, 3.05) is 20.1 Å². The number of aromatic amines is 1. The number of fused-ring (bicyclic) bond motifs is 6. The van der Waals surface area contributed by atoms with Crippen LogP contribution in [0.3, 0.4) is 0 Å². The Hall–Kier alpha value is -3.56. The maximum absolute atomic E-state index is 3.54. The highest BCUT2D eigenvalue weighted by atomic mass is 15.1. The van der Waals surface area contributed by atoms with Crippen LogP contribution < -0.4 is 0 Å². The predicted molar refractivity (Wildman–Crippen MR) is 162 cm³/mol. The monoisotopic (exact) mass is 501 g/mol. The van der Waals surface area contributed by atoms with Crippen molar-refractivity contribution in [2.45, 2.75) is 52.6 Å². The number of allylic oxidation sites excluding steroid dienone is 5. The molecule has 0 aliphatic carbocycles. The topological polar surface area (TPSA) is 22.3 Å². The highest BCUT2D eigenvalue weighted by Gasteiger charge is 2.30. The molecule has 38 heavy (non-hydrogen) atoms. The maximum Gasteiger partial charge on any atom is 0.0732 e. The largest absolute Gasteiger partial charge is 0.367 e. The van der Waals surface area contributed by atoms with Gasteiger partial charge in [-0.05, 0) is 105 Å². The van der Waals surface area contributed by atoms with Gasteiger partial charge in [0, 0.05) is 41.3 Å². The van der Waals surface area contributed by atoms with Crippen molar-refractivity contribution in [2.24, 2.45) is 0 Å². The van der Waals surface area contributed by atoms with E-state index in [-0.39, 0.29) is 0 Å². The van der Waals surface area contributed by atoms with E-state index in [9.17, 15) is 0 Å². The molecule has 3 aliphatic heterocycles. The molecular formula is C35H39N3. The highest BCUT2D eigenvalue weighted by Crippen LogP contribution is 2.41. The Kier molecular flexibility index (Phi) is 6.49. The third-order valence-electron chi connectivity index (χ3n) is 9.04. The lowest BCUT2D eigenvalue weighted by atomic mass is 9.79. The number of H-pyrrole nitrogens is 1. The average Bonchev–Trinajstić information content (AvgIpc) is 3.25. The third-order valence-corrected chi connectivity index (χ3v) is 9.04. The molecule has 0 radical (unpaired) electrons. The number of hydrogen-bond acceptors (Lipinski definition) is 2. The number of aryl methyl sites for hydroxylation is 1. The Morgan fingerprint density at radius 2 is 1.71 bits per heavy atom. The number of hydrogen-bond donors (Lipinski definition) is 1. The number of likely N-dealkylation sites (N-methyl/N-ethyl adjacent to an activating group) is 1. The molecule has 0 amide bonds. The van der Waals surface area contributed by atoms with Crippen LogP contribution in [0, 0.1) is 20.8 Å². The zero-order chi connectivity index (χ0) is 26.4. The molecule has 0 fully saturated rings. The van der Waals surface area contributed by atoms with Gasteiger partial charge in [-0.25, -0.2) is 0 Å². The van der Waals surface area contributed by atoms with Crippen LogP contribution in [0.4, 0.5) is 0 Å². The van der Waals surface area contributed by atoms with Gasteiger partial charge in [0.05, 0.1) is 6.04 Å². The van der Waals surface area contributed by atoms with E-state index in [4.69, 9.17) is 0 Å². The molecule has 0 bridgehead atoms. The van der Waals surface area contributed by atoms with Gasteiger partial charge >= 0.3 is 0 Å². The Morgan fingerprint density at radius 3 is 2.58 bits per heavy atom. The van der Waals surface area contributed by atoms with Crippen LogP contribution in [0.15, 0.2) is 72.5 Å². The average molecular weight is 502 g/mol. The fourth-order valence-corrected chi connectivity index (χ4v) is 6.54. The maximum atomic E-state index is 3.54. The minimum atomic E-state index is 0.317. The number of rotatable bonds is 2. The first kappa shape index (κ1) is 24.8. The summed E-state index contributed by atoms with van der Waals surface area (Å²) in [7, 11) is 2.26. The lowest BCUT2D eigenvalue weighted by Crippen LogP contribution is -2.34. The van der Waals surface area contributed by atoms with Crippen LogP contribution in [0.1, 0.15) is 57.6 Å². The number of nitrogens with zero attached hydrogens (tertiary/aromatic N) is 2.